The first-order chi connectivity index (χ1) is 6.68. The molecular formula is C8H9N5S. The molecule has 2 rings (SSSR count). The highest BCUT2D eigenvalue weighted by Crippen LogP contribution is 2.12. The number of H-pyrrole nitrogens is 2. The Balaban J connectivity index is 2.63. The highest BCUT2D eigenvalue weighted by Gasteiger charge is 2.05. The number of rotatable bonds is 1. The van der Waals surface area contributed by atoms with Crippen LogP contribution in [0.1, 0.15) is 11.3 Å². The van der Waals surface area contributed by atoms with Gasteiger partial charge in [-0.3, -0.25) is 0 Å². The maximum Gasteiger partial charge on any atom is 0.161 e. The SMILES string of the molecule is Cc1[nH]c(-c2cn[nH]n2)nc(=S)c1C. The third kappa shape index (κ3) is 1.44. The first-order valence-corrected chi connectivity index (χ1v) is 4.53. The Morgan fingerprint density at radius 3 is 2.71 bits per heavy atom. The van der Waals surface area contributed by atoms with E-state index in [0.29, 0.717) is 16.2 Å². The van der Waals surface area contributed by atoms with Crippen molar-refractivity contribution in [2.24, 2.45) is 0 Å². The lowest BCUT2D eigenvalue weighted by Crippen LogP contribution is -1.96. The molecule has 6 heteroatoms. The summed E-state index contributed by atoms with van der Waals surface area (Å²) in [6.45, 7) is 3.89. The Kier molecular flexibility index (Phi) is 2.12. The summed E-state index contributed by atoms with van der Waals surface area (Å²) in [5.74, 6) is 0.645. The van der Waals surface area contributed by atoms with Crippen LogP contribution in [0.2, 0.25) is 0 Å². The van der Waals surface area contributed by atoms with Crippen molar-refractivity contribution in [1.82, 2.24) is 25.4 Å². The van der Waals surface area contributed by atoms with Gasteiger partial charge in [0.05, 0.1) is 6.20 Å². The smallest absolute Gasteiger partial charge is 0.161 e. The van der Waals surface area contributed by atoms with Crippen molar-refractivity contribution in [1.29, 1.82) is 0 Å². The van der Waals surface area contributed by atoms with E-state index in [2.05, 4.69) is 25.4 Å². The fourth-order valence-electron chi connectivity index (χ4n) is 1.08. The Morgan fingerprint density at radius 2 is 2.14 bits per heavy atom. The molecule has 0 fully saturated rings. The second-order valence-corrected chi connectivity index (χ2v) is 3.38. The minimum Gasteiger partial charge on any atom is -0.342 e. The number of aromatic nitrogens is 5. The van der Waals surface area contributed by atoms with Crippen LogP contribution in [-0.2, 0) is 0 Å². The van der Waals surface area contributed by atoms with Gasteiger partial charge in [-0.25, -0.2) is 4.98 Å². The fraction of sp³-hybridized carbons (Fsp3) is 0.250. The molecule has 0 saturated heterocycles. The lowest BCUT2D eigenvalue weighted by atomic mass is 10.3. The molecule has 0 aliphatic heterocycles. The van der Waals surface area contributed by atoms with Gasteiger partial charge >= 0.3 is 0 Å². The van der Waals surface area contributed by atoms with E-state index in [4.69, 9.17) is 12.2 Å². The molecule has 14 heavy (non-hydrogen) atoms. The molecule has 0 saturated carbocycles. The van der Waals surface area contributed by atoms with Crippen LogP contribution in [0.4, 0.5) is 0 Å². The number of nitrogens with one attached hydrogen (secondary N) is 2. The minimum absolute atomic E-state index is 0.597. The summed E-state index contributed by atoms with van der Waals surface area (Å²) >= 11 is 5.11. The van der Waals surface area contributed by atoms with E-state index in [1.165, 1.54) is 0 Å². The summed E-state index contributed by atoms with van der Waals surface area (Å²) in [5, 5.41) is 10.2. The molecule has 0 spiro atoms. The van der Waals surface area contributed by atoms with Crippen LogP contribution in [0, 0.1) is 18.5 Å². The Morgan fingerprint density at radius 1 is 1.36 bits per heavy atom. The number of hydrogen-bond acceptors (Lipinski definition) is 4. The predicted molar refractivity (Wildman–Crippen MR) is 54.3 cm³/mol. The zero-order chi connectivity index (χ0) is 10.1. The van der Waals surface area contributed by atoms with Crippen LogP contribution in [0.15, 0.2) is 6.20 Å². The topological polar surface area (TPSA) is 70.2 Å². The minimum atomic E-state index is 0.597. The molecule has 0 aliphatic rings. The normalized spacial score (nSPS) is 10.4. The standard InChI is InChI=1S/C8H9N5S/c1-4-5(2)10-7(11-8(4)14)6-3-9-13-12-6/h3H,1-2H3,(H,9,12,13)(H,10,11,14). The van der Waals surface area contributed by atoms with Crippen molar-refractivity contribution in [3.05, 3.63) is 22.1 Å². The molecule has 2 N–H and O–H groups in total. The molecule has 2 aromatic heterocycles. The van der Waals surface area contributed by atoms with Gasteiger partial charge in [-0.05, 0) is 13.8 Å². The van der Waals surface area contributed by atoms with Gasteiger partial charge in [-0.1, -0.05) is 12.2 Å². The number of nitrogens with zero attached hydrogens (tertiary/aromatic N) is 3. The summed E-state index contributed by atoms with van der Waals surface area (Å²) in [6.07, 6.45) is 1.60. The van der Waals surface area contributed by atoms with E-state index in [-0.39, 0.29) is 0 Å². The van der Waals surface area contributed by atoms with E-state index in [0.717, 1.165) is 11.3 Å². The van der Waals surface area contributed by atoms with Gasteiger partial charge in [0.15, 0.2) is 5.82 Å². The predicted octanol–water partition coefficient (Wildman–Crippen LogP) is 1.54. The maximum absolute atomic E-state index is 5.11. The maximum atomic E-state index is 5.11. The zero-order valence-electron chi connectivity index (χ0n) is 7.83. The van der Waals surface area contributed by atoms with Gasteiger partial charge in [0.1, 0.15) is 10.3 Å². The van der Waals surface area contributed by atoms with Crippen LogP contribution < -0.4 is 0 Å². The van der Waals surface area contributed by atoms with Crippen molar-refractivity contribution >= 4 is 12.2 Å². The van der Waals surface area contributed by atoms with Crippen molar-refractivity contribution in [3.8, 4) is 11.5 Å². The third-order valence-corrected chi connectivity index (χ3v) is 2.46. The lowest BCUT2D eigenvalue weighted by Gasteiger charge is -2.02. The quantitative estimate of drug-likeness (QED) is 0.696. The molecule has 2 aromatic rings. The molecular weight excluding hydrogens is 198 g/mol. The molecule has 72 valence electrons. The fourth-order valence-corrected chi connectivity index (χ4v) is 1.33. The van der Waals surface area contributed by atoms with Crippen LogP contribution in [0.5, 0.6) is 0 Å². The molecule has 0 atom stereocenters. The van der Waals surface area contributed by atoms with Crippen LogP contribution >= 0.6 is 12.2 Å². The van der Waals surface area contributed by atoms with E-state index in [9.17, 15) is 0 Å². The van der Waals surface area contributed by atoms with Gasteiger partial charge in [0.2, 0.25) is 0 Å². The second kappa shape index (κ2) is 3.30. The largest absolute Gasteiger partial charge is 0.342 e. The molecule has 0 radical (unpaired) electrons. The van der Waals surface area contributed by atoms with Crippen LogP contribution in [-0.4, -0.2) is 25.4 Å². The van der Waals surface area contributed by atoms with E-state index < -0.39 is 0 Å². The summed E-state index contributed by atoms with van der Waals surface area (Å²) < 4.78 is 0.597. The molecule has 0 aliphatic carbocycles. The molecule has 0 unspecified atom stereocenters. The Bertz CT molecular complexity index is 499. The Hall–Kier alpha value is -1.56. The van der Waals surface area contributed by atoms with Crippen molar-refractivity contribution in [2.45, 2.75) is 13.8 Å². The van der Waals surface area contributed by atoms with Gasteiger partial charge in [-0.15, -0.1) is 0 Å². The molecule has 0 amide bonds. The van der Waals surface area contributed by atoms with Gasteiger partial charge in [0.25, 0.3) is 0 Å². The average molecular weight is 207 g/mol. The van der Waals surface area contributed by atoms with Crippen molar-refractivity contribution in [3.63, 3.8) is 0 Å². The second-order valence-electron chi connectivity index (χ2n) is 3.00. The third-order valence-electron chi connectivity index (χ3n) is 2.06. The van der Waals surface area contributed by atoms with Gasteiger partial charge in [0, 0.05) is 11.3 Å². The highest BCUT2D eigenvalue weighted by molar-refractivity contribution is 7.71. The summed E-state index contributed by atoms with van der Waals surface area (Å²) in [6, 6.07) is 0. The number of aromatic amines is 2. The average Bonchev–Trinajstić information content (AvgIpc) is 2.66. The number of hydrogen-bond donors (Lipinski definition) is 2. The van der Waals surface area contributed by atoms with Gasteiger partial charge < -0.3 is 4.98 Å². The first-order valence-electron chi connectivity index (χ1n) is 4.12. The lowest BCUT2D eigenvalue weighted by molar-refractivity contribution is 0.935. The molecule has 0 bridgehead atoms. The monoisotopic (exact) mass is 207 g/mol. The molecule has 5 nitrogen and oxygen atoms in total. The van der Waals surface area contributed by atoms with E-state index in [1.54, 1.807) is 6.20 Å². The van der Waals surface area contributed by atoms with Gasteiger partial charge in [-0.2, -0.15) is 15.4 Å². The number of aryl methyl sites for hydroxylation is 1. The summed E-state index contributed by atoms with van der Waals surface area (Å²) in [7, 11) is 0. The van der Waals surface area contributed by atoms with E-state index in [1.807, 2.05) is 13.8 Å². The van der Waals surface area contributed by atoms with Crippen molar-refractivity contribution in [2.75, 3.05) is 0 Å². The summed E-state index contributed by atoms with van der Waals surface area (Å²) in [4.78, 5) is 7.33. The summed E-state index contributed by atoms with van der Waals surface area (Å²) in [5.41, 5.74) is 2.66. The zero-order valence-corrected chi connectivity index (χ0v) is 8.64. The van der Waals surface area contributed by atoms with Crippen LogP contribution in [0.3, 0.4) is 0 Å². The molecule has 2 heterocycles. The van der Waals surface area contributed by atoms with E-state index >= 15 is 0 Å². The highest BCUT2D eigenvalue weighted by atomic mass is 32.1. The van der Waals surface area contributed by atoms with Crippen molar-refractivity contribution < 1.29 is 0 Å². The Labute approximate surface area is 85.6 Å². The van der Waals surface area contributed by atoms with Crippen LogP contribution in [0.25, 0.3) is 11.5 Å². The molecule has 0 aromatic carbocycles. The first kappa shape index (κ1) is 9.01.